The van der Waals surface area contributed by atoms with Gasteiger partial charge in [-0.25, -0.2) is 0 Å². The van der Waals surface area contributed by atoms with E-state index in [4.69, 9.17) is 4.42 Å². The molecule has 1 N–H and O–H groups in total. The van der Waals surface area contributed by atoms with Crippen LogP contribution in [-0.4, -0.2) is 22.5 Å². The lowest BCUT2D eigenvalue weighted by molar-refractivity contribution is -0.118. The number of rotatable bonds is 4. The van der Waals surface area contributed by atoms with Gasteiger partial charge in [0.15, 0.2) is 5.17 Å². The molecule has 0 spiro atoms. The smallest absolute Gasteiger partial charge is 0.239 e. The first-order chi connectivity index (χ1) is 10.7. The summed E-state index contributed by atoms with van der Waals surface area (Å²) in [6.45, 7) is 2.04. The van der Waals surface area contributed by atoms with E-state index in [0.29, 0.717) is 17.3 Å². The van der Waals surface area contributed by atoms with Crippen molar-refractivity contribution >= 4 is 29.1 Å². The largest absolute Gasteiger partial charge is 0.463 e. The Kier molecular flexibility index (Phi) is 4.39. The molecule has 3 rings (SSSR count). The van der Waals surface area contributed by atoms with Crippen molar-refractivity contribution in [3.05, 3.63) is 59.5 Å². The normalized spacial score (nSPS) is 20.0. The molecule has 22 heavy (non-hydrogen) atoms. The van der Waals surface area contributed by atoms with E-state index in [1.54, 1.807) is 18.4 Å². The van der Waals surface area contributed by atoms with Crippen molar-refractivity contribution in [3.63, 3.8) is 0 Å². The van der Waals surface area contributed by atoms with Crippen molar-refractivity contribution in [3.8, 4) is 0 Å². The summed E-state index contributed by atoms with van der Waals surface area (Å²) in [6.07, 6.45) is 3.75. The molecule has 0 bridgehead atoms. The van der Waals surface area contributed by atoms with E-state index in [9.17, 15) is 4.79 Å². The minimum Gasteiger partial charge on any atom is -0.463 e. The fraction of sp³-hybridized carbons (Fsp3) is 0.188. The fourth-order valence-corrected chi connectivity index (χ4v) is 2.99. The van der Waals surface area contributed by atoms with Crippen LogP contribution in [0.4, 0.5) is 0 Å². The third-order valence-corrected chi connectivity index (χ3v) is 4.27. The van der Waals surface area contributed by atoms with Gasteiger partial charge in [-0.2, -0.15) is 5.10 Å². The maximum Gasteiger partial charge on any atom is 0.239 e. The number of furan rings is 1. The van der Waals surface area contributed by atoms with Crippen LogP contribution in [0.15, 0.2) is 57.3 Å². The maximum absolute atomic E-state index is 12.0. The molecule has 1 saturated heterocycles. The zero-order valence-corrected chi connectivity index (χ0v) is 12.8. The van der Waals surface area contributed by atoms with Crippen LogP contribution in [0.1, 0.15) is 16.9 Å². The van der Waals surface area contributed by atoms with E-state index < -0.39 is 0 Å². The van der Waals surface area contributed by atoms with Crippen molar-refractivity contribution < 1.29 is 9.21 Å². The second-order valence-electron chi connectivity index (χ2n) is 4.95. The average Bonchev–Trinajstić information content (AvgIpc) is 3.12. The number of carbonyl (C=O) groups is 1. The molecule has 1 amide bonds. The lowest BCUT2D eigenvalue weighted by atomic mass is 10.1. The summed E-state index contributed by atoms with van der Waals surface area (Å²) in [5, 5.41) is 11.0. The van der Waals surface area contributed by atoms with Crippen LogP contribution < -0.4 is 5.32 Å². The average molecular weight is 313 g/mol. The van der Waals surface area contributed by atoms with Crippen LogP contribution in [0.25, 0.3) is 0 Å². The van der Waals surface area contributed by atoms with Crippen LogP contribution in [0, 0.1) is 6.92 Å². The molecule has 0 saturated carbocycles. The van der Waals surface area contributed by atoms with Gasteiger partial charge in [0.2, 0.25) is 5.91 Å². The van der Waals surface area contributed by atoms with E-state index >= 15 is 0 Å². The molecule has 6 heteroatoms. The van der Waals surface area contributed by atoms with Crippen molar-refractivity contribution in [1.29, 1.82) is 0 Å². The van der Waals surface area contributed by atoms with Gasteiger partial charge in [-0.05, 0) is 31.0 Å². The first-order valence-corrected chi connectivity index (χ1v) is 7.76. The van der Waals surface area contributed by atoms with Crippen molar-refractivity contribution in [2.45, 2.75) is 18.6 Å². The Bertz CT molecular complexity index is 706. The Morgan fingerprint density at radius 1 is 1.32 bits per heavy atom. The molecule has 1 fully saturated rings. The molecule has 0 aliphatic carbocycles. The summed E-state index contributed by atoms with van der Waals surface area (Å²) in [6, 6.07) is 11.8. The van der Waals surface area contributed by atoms with Crippen molar-refractivity contribution in [1.82, 2.24) is 5.32 Å². The van der Waals surface area contributed by atoms with E-state index in [2.05, 4.69) is 27.7 Å². The lowest BCUT2D eigenvalue weighted by Crippen LogP contribution is -2.25. The summed E-state index contributed by atoms with van der Waals surface area (Å²) >= 11 is 1.40. The predicted molar refractivity (Wildman–Crippen MR) is 88.1 cm³/mol. The standard InChI is InChI=1S/C16H15N3O2S/c1-11-4-6-12(7-5-11)9-14-15(20)18-16(22-14)19-17-10-13-3-2-8-21-13/h2-8,10,14H,9H2,1H3,(H,18,19,20)/b17-10-/t14-/m1/s1. The number of hydrogen-bond acceptors (Lipinski definition) is 5. The zero-order chi connectivity index (χ0) is 15.4. The number of hydrogen-bond donors (Lipinski definition) is 1. The predicted octanol–water partition coefficient (Wildman–Crippen LogP) is 2.75. The molecule has 112 valence electrons. The van der Waals surface area contributed by atoms with E-state index in [1.165, 1.54) is 23.5 Å². The third-order valence-electron chi connectivity index (χ3n) is 3.19. The number of benzene rings is 1. The summed E-state index contributed by atoms with van der Waals surface area (Å²) in [5.41, 5.74) is 2.35. The third kappa shape index (κ3) is 3.65. The van der Waals surface area contributed by atoms with Crippen molar-refractivity contribution in [2.75, 3.05) is 0 Å². The first kappa shape index (κ1) is 14.6. The van der Waals surface area contributed by atoms with Gasteiger partial charge in [0.1, 0.15) is 5.76 Å². The Balaban J connectivity index is 1.61. The van der Waals surface area contributed by atoms with E-state index in [0.717, 1.165) is 5.56 Å². The monoisotopic (exact) mass is 313 g/mol. The number of aryl methyl sites for hydroxylation is 1. The molecule has 0 radical (unpaired) electrons. The zero-order valence-electron chi connectivity index (χ0n) is 12.0. The van der Waals surface area contributed by atoms with Gasteiger partial charge >= 0.3 is 0 Å². The van der Waals surface area contributed by atoms with Gasteiger partial charge < -0.3 is 9.73 Å². The summed E-state index contributed by atoms with van der Waals surface area (Å²) in [4.78, 5) is 12.0. The quantitative estimate of drug-likeness (QED) is 0.697. The molecular weight excluding hydrogens is 298 g/mol. The molecule has 1 aliphatic heterocycles. The van der Waals surface area contributed by atoms with Crippen LogP contribution in [0.2, 0.25) is 0 Å². The minimum absolute atomic E-state index is 0.0301. The molecule has 1 atom stereocenters. The van der Waals surface area contributed by atoms with E-state index in [1.807, 2.05) is 19.1 Å². The summed E-state index contributed by atoms with van der Waals surface area (Å²) < 4.78 is 5.12. The fourth-order valence-electron chi connectivity index (χ4n) is 2.03. The topological polar surface area (TPSA) is 67.0 Å². The second-order valence-corrected chi connectivity index (χ2v) is 6.14. The number of amidine groups is 1. The highest BCUT2D eigenvalue weighted by Crippen LogP contribution is 2.23. The number of nitrogens with zero attached hydrogens (tertiary/aromatic N) is 2. The summed E-state index contributed by atoms with van der Waals surface area (Å²) in [5.74, 6) is 0.590. The molecule has 2 aromatic rings. The second kappa shape index (κ2) is 6.62. The van der Waals surface area contributed by atoms with Gasteiger partial charge in [-0.15, -0.1) is 5.10 Å². The van der Waals surface area contributed by atoms with E-state index in [-0.39, 0.29) is 11.2 Å². The van der Waals surface area contributed by atoms with Gasteiger partial charge in [-0.3, -0.25) is 4.79 Å². The Morgan fingerprint density at radius 3 is 2.86 bits per heavy atom. The number of thioether (sulfide) groups is 1. The molecular formula is C16H15N3O2S. The lowest BCUT2D eigenvalue weighted by Gasteiger charge is -2.05. The van der Waals surface area contributed by atoms with Crippen LogP contribution in [0.3, 0.4) is 0 Å². The van der Waals surface area contributed by atoms with Crippen molar-refractivity contribution in [2.24, 2.45) is 10.2 Å². The molecule has 1 aromatic carbocycles. The summed E-state index contributed by atoms with van der Waals surface area (Å²) in [7, 11) is 0. The molecule has 1 aromatic heterocycles. The number of carbonyl (C=O) groups excluding carboxylic acids is 1. The van der Waals surface area contributed by atoms with Crippen LogP contribution in [-0.2, 0) is 11.2 Å². The molecule has 2 heterocycles. The molecule has 5 nitrogen and oxygen atoms in total. The SMILES string of the molecule is Cc1ccc(C[C@H]2S/C(=N\N=C/c3ccco3)NC2=O)cc1. The maximum atomic E-state index is 12.0. The van der Waals surface area contributed by atoms with Gasteiger partial charge in [0.05, 0.1) is 17.7 Å². The number of nitrogens with one attached hydrogen (secondary N) is 1. The highest BCUT2D eigenvalue weighted by Gasteiger charge is 2.30. The molecule has 0 unspecified atom stereocenters. The van der Waals surface area contributed by atoms with Crippen LogP contribution >= 0.6 is 11.8 Å². The van der Waals surface area contributed by atoms with Gasteiger partial charge in [0, 0.05) is 0 Å². The Hall–Kier alpha value is -2.34. The molecule has 1 aliphatic rings. The Morgan fingerprint density at radius 2 is 2.14 bits per heavy atom. The Labute approximate surface area is 132 Å². The highest BCUT2D eigenvalue weighted by atomic mass is 32.2. The highest BCUT2D eigenvalue weighted by molar-refractivity contribution is 8.15. The van der Waals surface area contributed by atoms with Gasteiger partial charge in [0.25, 0.3) is 0 Å². The first-order valence-electron chi connectivity index (χ1n) is 6.88. The minimum atomic E-state index is -0.166. The van der Waals surface area contributed by atoms with Gasteiger partial charge in [-0.1, -0.05) is 41.6 Å². The number of amides is 1. The van der Waals surface area contributed by atoms with Crippen LogP contribution in [0.5, 0.6) is 0 Å².